The van der Waals surface area contributed by atoms with E-state index >= 15 is 0 Å². The predicted molar refractivity (Wildman–Crippen MR) is 73.4 cm³/mol. The number of nitrogens with one attached hydrogen (secondary N) is 1. The minimum atomic E-state index is -0.0386. The second-order valence-corrected chi connectivity index (χ2v) is 5.09. The lowest BCUT2D eigenvalue weighted by molar-refractivity contribution is 0.932. The maximum absolute atomic E-state index is 7.36. The Morgan fingerprint density at radius 2 is 2.17 bits per heavy atom. The number of nitrogens with two attached hydrogens (primary N) is 1. The summed E-state index contributed by atoms with van der Waals surface area (Å²) in [6, 6.07) is 7.17. The quantitative estimate of drug-likeness (QED) is 0.514. The average molecular weight is 279 g/mol. The zero-order valence-corrected chi connectivity index (χ0v) is 11.2. The molecule has 0 unspecified atom stereocenters. The van der Waals surface area contributed by atoms with Crippen molar-refractivity contribution in [2.75, 3.05) is 0 Å². The third kappa shape index (κ3) is 3.00. The molecule has 0 saturated carbocycles. The number of nitrogens with zero attached hydrogens (tertiary/aromatic N) is 2. The molecule has 0 amide bonds. The molecule has 2 aromatic rings. The van der Waals surface area contributed by atoms with E-state index in [1.165, 1.54) is 11.8 Å². The highest BCUT2D eigenvalue weighted by Crippen LogP contribution is 2.28. The standard InChI is InChI=1S/C12H11ClN4S/c1-7-4-5-16-12(17-7)18-8-2-3-9(11(14)15)10(13)6-8/h2-6H,1H3,(H3,14,15). The van der Waals surface area contributed by atoms with Crippen LogP contribution in [0.15, 0.2) is 40.5 Å². The Balaban J connectivity index is 2.25. The molecule has 3 N–H and O–H groups in total. The Labute approximate surface area is 114 Å². The molecule has 18 heavy (non-hydrogen) atoms. The normalized spacial score (nSPS) is 10.3. The smallest absolute Gasteiger partial charge is 0.192 e. The lowest BCUT2D eigenvalue weighted by Gasteiger charge is -2.05. The summed E-state index contributed by atoms with van der Waals surface area (Å²) in [7, 11) is 0. The Hall–Kier alpha value is -1.59. The number of hydrogen-bond donors (Lipinski definition) is 2. The van der Waals surface area contributed by atoms with Crippen LogP contribution in [0, 0.1) is 12.3 Å². The van der Waals surface area contributed by atoms with Gasteiger partial charge in [0, 0.05) is 22.3 Å². The number of aromatic nitrogens is 2. The molecule has 2 rings (SSSR count). The first-order valence-corrected chi connectivity index (χ1v) is 6.37. The van der Waals surface area contributed by atoms with E-state index in [1.54, 1.807) is 18.3 Å². The first-order chi connectivity index (χ1) is 8.56. The van der Waals surface area contributed by atoms with Crippen molar-refractivity contribution in [3.8, 4) is 0 Å². The molecule has 1 aromatic carbocycles. The largest absolute Gasteiger partial charge is 0.384 e. The van der Waals surface area contributed by atoms with Gasteiger partial charge in [-0.05, 0) is 43.0 Å². The van der Waals surface area contributed by atoms with Crippen LogP contribution >= 0.6 is 23.4 Å². The molecule has 0 aliphatic rings. The van der Waals surface area contributed by atoms with Gasteiger partial charge in [0.25, 0.3) is 0 Å². The highest BCUT2D eigenvalue weighted by molar-refractivity contribution is 7.99. The molecule has 0 spiro atoms. The molecule has 0 aliphatic carbocycles. The van der Waals surface area contributed by atoms with Crippen molar-refractivity contribution < 1.29 is 0 Å². The Morgan fingerprint density at radius 1 is 1.39 bits per heavy atom. The van der Waals surface area contributed by atoms with Crippen molar-refractivity contribution in [1.29, 1.82) is 5.41 Å². The van der Waals surface area contributed by atoms with Crippen LogP contribution in [0.3, 0.4) is 0 Å². The zero-order valence-electron chi connectivity index (χ0n) is 9.64. The highest BCUT2D eigenvalue weighted by atomic mass is 35.5. The van der Waals surface area contributed by atoms with Gasteiger partial charge < -0.3 is 5.73 Å². The minimum Gasteiger partial charge on any atom is -0.384 e. The van der Waals surface area contributed by atoms with E-state index in [9.17, 15) is 0 Å². The third-order valence-electron chi connectivity index (χ3n) is 2.21. The van der Waals surface area contributed by atoms with Gasteiger partial charge in [0.05, 0.1) is 5.02 Å². The molecular weight excluding hydrogens is 268 g/mol. The topological polar surface area (TPSA) is 75.7 Å². The van der Waals surface area contributed by atoms with Gasteiger partial charge in [0.2, 0.25) is 0 Å². The number of rotatable bonds is 3. The van der Waals surface area contributed by atoms with Crippen molar-refractivity contribution in [1.82, 2.24) is 9.97 Å². The van der Waals surface area contributed by atoms with Crippen LogP contribution in [0.2, 0.25) is 5.02 Å². The fourth-order valence-electron chi connectivity index (χ4n) is 1.36. The van der Waals surface area contributed by atoms with Crippen LogP contribution in [0.1, 0.15) is 11.3 Å². The summed E-state index contributed by atoms with van der Waals surface area (Å²) in [4.78, 5) is 9.37. The van der Waals surface area contributed by atoms with Gasteiger partial charge in [-0.25, -0.2) is 9.97 Å². The van der Waals surface area contributed by atoms with E-state index in [4.69, 9.17) is 22.7 Å². The highest BCUT2D eigenvalue weighted by Gasteiger charge is 2.06. The lowest BCUT2D eigenvalue weighted by atomic mass is 10.2. The van der Waals surface area contributed by atoms with Crippen LogP contribution in [0.5, 0.6) is 0 Å². The molecule has 0 saturated heterocycles. The van der Waals surface area contributed by atoms with E-state index in [-0.39, 0.29) is 5.84 Å². The van der Waals surface area contributed by atoms with E-state index in [2.05, 4.69) is 9.97 Å². The number of hydrogen-bond acceptors (Lipinski definition) is 4. The lowest BCUT2D eigenvalue weighted by Crippen LogP contribution is -2.11. The van der Waals surface area contributed by atoms with Crippen LogP contribution in [0.4, 0.5) is 0 Å². The van der Waals surface area contributed by atoms with Gasteiger partial charge in [0.1, 0.15) is 5.84 Å². The number of nitrogen functional groups attached to an aromatic ring is 1. The predicted octanol–water partition coefficient (Wildman–Crippen LogP) is 2.87. The number of benzene rings is 1. The van der Waals surface area contributed by atoms with Crippen molar-refractivity contribution in [3.63, 3.8) is 0 Å². The number of aryl methyl sites for hydroxylation is 1. The molecule has 1 aromatic heterocycles. The van der Waals surface area contributed by atoms with Crippen LogP contribution < -0.4 is 5.73 Å². The van der Waals surface area contributed by atoms with E-state index < -0.39 is 0 Å². The summed E-state index contributed by atoms with van der Waals surface area (Å²) in [5.74, 6) is -0.0386. The molecule has 1 heterocycles. The van der Waals surface area contributed by atoms with Gasteiger partial charge in [-0.15, -0.1) is 0 Å². The monoisotopic (exact) mass is 278 g/mol. The first-order valence-electron chi connectivity index (χ1n) is 5.17. The van der Waals surface area contributed by atoms with Crippen molar-refractivity contribution in [2.45, 2.75) is 17.0 Å². The Morgan fingerprint density at radius 3 is 2.78 bits per heavy atom. The summed E-state index contributed by atoms with van der Waals surface area (Å²) < 4.78 is 0. The molecule has 6 heteroatoms. The SMILES string of the molecule is Cc1ccnc(Sc2ccc(C(=N)N)c(Cl)c2)n1. The second kappa shape index (κ2) is 5.37. The first kappa shape index (κ1) is 12.9. The molecule has 0 bridgehead atoms. The summed E-state index contributed by atoms with van der Waals surface area (Å²) in [5.41, 5.74) is 6.85. The van der Waals surface area contributed by atoms with Crippen molar-refractivity contribution >= 4 is 29.2 Å². The maximum Gasteiger partial charge on any atom is 0.192 e. The number of halogens is 1. The van der Waals surface area contributed by atoms with E-state index in [0.717, 1.165) is 10.6 Å². The van der Waals surface area contributed by atoms with Crippen LogP contribution in [-0.2, 0) is 0 Å². The van der Waals surface area contributed by atoms with Crippen LogP contribution in [-0.4, -0.2) is 15.8 Å². The fourth-order valence-corrected chi connectivity index (χ4v) is 2.53. The van der Waals surface area contributed by atoms with Gasteiger partial charge in [-0.1, -0.05) is 11.6 Å². The molecular formula is C12H11ClN4S. The van der Waals surface area contributed by atoms with Gasteiger partial charge >= 0.3 is 0 Å². The van der Waals surface area contributed by atoms with Crippen molar-refractivity contribution in [2.24, 2.45) is 5.73 Å². The summed E-state index contributed by atoms with van der Waals surface area (Å²) in [5, 5.41) is 8.48. The summed E-state index contributed by atoms with van der Waals surface area (Å²) >= 11 is 7.47. The molecule has 0 atom stereocenters. The summed E-state index contributed by atoms with van der Waals surface area (Å²) in [6.45, 7) is 1.91. The van der Waals surface area contributed by atoms with Gasteiger partial charge in [-0.3, -0.25) is 5.41 Å². The Kier molecular flexibility index (Phi) is 3.84. The second-order valence-electron chi connectivity index (χ2n) is 3.64. The molecule has 0 fully saturated rings. The molecule has 92 valence electrons. The van der Waals surface area contributed by atoms with Gasteiger partial charge in [0.15, 0.2) is 5.16 Å². The van der Waals surface area contributed by atoms with E-state index in [0.29, 0.717) is 15.7 Å². The fraction of sp³-hybridized carbons (Fsp3) is 0.0833. The van der Waals surface area contributed by atoms with Crippen LogP contribution in [0.25, 0.3) is 0 Å². The molecule has 4 nitrogen and oxygen atoms in total. The third-order valence-corrected chi connectivity index (χ3v) is 3.39. The maximum atomic E-state index is 7.36. The summed E-state index contributed by atoms with van der Waals surface area (Å²) in [6.07, 6.45) is 1.72. The minimum absolute atomic E-state index is 0.0386. The van der Waals surface area contributed by atoms with E-state index in [1.807, 2.05) is 19.1 Å². The van der Waals surface area contributed by atoms with Gasteiger partial charge in [-0.2, -0.15) is 0 Å². The molecule has 0 aliphatic heterocycles. The van der Waals surface area contributed by atoms with Crippen molar-refractivity contribution in [3.05, 3.63) is 46.7 Å². The zero-order chi connectivity index (χ0) is 13.1. The Bertz CT molecular complexity index is 600. The number of amidine groups is 1. The molecule has 0 radical (unpaired) electrons. The average Bonchev–Trinajstić information content (AvgIpc) is 2.28.